The molecule has 0 saturated carbocycles. The second-order valence-electron chi connectivity index (χ2n) is 8.88. The van der Waals surface area contributed by atoms with Gasteiger partial charge < -0.3 is 39.8 Å². The van der Waals surface area contributed by atoms with Gasteiger partial charge in [0.1, 0.15) is 6.10 Å². The van der Waals surface area contributed by atoms with Crippen LogP contribution in [0.25, 0.3) is 0 Å². The molecule has 2 aromatic rings. The van der Waals surface area contributed by atoms with Gasteiger partial charge in [-0.1, -0.05) is 30.4 Å². The number of nitrogens with one attached hydrogen (secondary N) is 2. The first kappa shape index (κ1) is 24.0. The molecule has 1 fully saturated rings. The molecule has 3 aliphatic rings. The van der Waals surface area contributed by atoms with Crippen molar-refractivity contribution in [3.8, 4) is 11.5 Å². The van der Waals surface area contributed by atoms with Gasteiger partial charge in [0, 0.05) is 43.6 Å². The fourth-order valence-corrected chi connectivity index (χ4v) is 4.58. The number of amides is 3. The van der Waals surface area contributed by atoms with Gasteiger partial charge in [0.25, 0.3) is 0 Å². The Morgan fingerprint density at radius 3 is 2.53 bits per heavy atom. The minimum atomic E-state index is -0.662. The van der Waals surface area contributed by atoms with E-state index in [1.165, 1.54) is 0 Å². The van der Waals surface area contributed by atoms with Crippen LogP contribution in [-0.4, -0.2) is 79.8 Å². The van der Waals surface area contributed by atoms with Crippen LogP contribution in [-0.2, 0) is 9.53 Å². The van der Waals surface area contributed by atoms with Gasteiger partial charge in [0.2, 0.25) is 12.7 Å². The Labute approximate surface area is 209 Å². The molecule has 3 atom stereocenters. The molecule has 0 unspecified atom stereocenters. The highest BCUT2D eigenvalue weighted by Crippen LogP contribution is 2.34. The monoisotopic (exact) mass is 494 g/mol. The predicted octanol–water partition coefficient (Wildman–Crippen LogP) is 1.96. The van der Waals surface area contributed by atoms with Crippen LogP contribution in [0.3, 0.4) is 0 Å². The van der Waals surface area contributed by atoms with Crippen LogP contribution < -0.4 is 25.0 Å². The Hall–Kier alpha value is -3.76. The molecular formula is C26H30N4O6. The maximum absolute atomic E-state index is 12.9. The Morgan fingerprint density at radius 2 is 1.75 bits per heavy atom. The molecule has 3 aliphatic heterocycles. The number of aliphatic hydroxyl groups excluding tert-OH is 1. The van der Waals surface area contributed by atoms with E-state index in [4.69, 9.17) is 14.2 Å². The number of benzene rings is 2. The zero-order valence-electron chi connectivity index (χ0n) is 19.8. The predicted molar refractivity (Wildman–Crippen MR) is 133 cm³/mol. The number of fused-ring (bicyclic) bond motifs is 1. The SMILES string of the molecule is O=C(Nc1ccc2c(c1)OCO2)N[C@@H]1C=C[C@H](CC(=O)N2CCN(c3ccccc3)CC2)O[C@H]1CO. The molecule has 0 radical (unpaired) electrons. The normalized spacial score (nSPS) is 22.9. The summed E-state index contributed by atoms with van der Waals surface area (Å²) in [5, 5.41) is 15.4. The van der Waals surface area contributed by atoms with Crippen LogP contribution >= 0.6 is 0 Å². The number of para-hydroxylation sites is 1. The fraction of sp³-hybridized carbons (Fsp3) is 0.385. The molecule has 190 valence electrons. The largest absolute Gasteiger partial charge is 0.454 e. The number of ether oxygens (including phenoxy) is 3. The number of piperazine rings is 1. The highest BCUT2D eigenvalue weighted by Gasteiger charge is 2.31. The molecule has 0 spiro atoms. The standard InChI is InChI=1S/C26H30N4O6/c31-16-24-21(28-26(33)27-18-6-9-22-23(14-18)35-17-34-22)8-7-20(36-24)15-25(32)30-12-10-29(11-13-30)19-4-2-1-3-5-19/h1-9,14,20-21,24,31H,10-13,15-17H2,(H2,27,28,33)/t20-,21-,24+/m1/s1. The molecule has 3 heterocycles. The summed E-state index contributed by atoms with van der Waals surface area (Å²) < 4.78 is 16.5. The molecule has 0 bridgehead atoms. The van der Waals surface area contributed by atoms with Gasteiger partial charge in [0.15, 0.2) is 11.5 Å². The number of carbonyl (C=O) groups excluding carboxylic acids is 2. The number of nitrogens with zero attached hydrogens (tertiary/aromatic N) is 2. The number of hydrogen-bond donors (Lipinski definition) is 3. The summed E-state index contributed by atoms with van der Waals surface area (Å²) >= 11 is 0. The molecule has 0 aliphatic carbocycles. The van der Waals surface area contributed by atoms with Crippen LogP contribution in [0.4, 0.5) is 16.2 Å². The third-order valence-electron chi connectivity index (χ3n) is 6.52. The number of urea groups is 1. The summed E-state index contributed by atoms with van der Waals surface area (Å²) in [5.41, 5.74) is 1.71. The van der Waals surface area contributed by atoms with E-state index in [0.29, 0.717) is 30.3 Å². The Bertz CT molecular complexity index is 1100. The molecule has 0 aromatic heterocycles. The number of anilines is 2. The van der Waals surface area contributed by atoms with Crippen molar-refractivity contribution in [1.82, 2.24) is 10.2 Å². The lowest BCUT2D eigenvalue weighted by Crippen LogP contribution is -2.51. The molecule has 36 heavy (non-hydrogen) atoms. The highest BCUT2D eigenvalue weighted by atomic mass is 16.7. The molecular weight excluding hydrogens is 464 g/mol. The summed E-state index contributed by atoms with van der Waals surface area (Å²) in [6, 6.07) is 14.3. The first-order valence-corrected chi connectivity index (χ1v) is 12.1. The third kappa shape index (κ3) is 5.55. The molecule has 10 nitrogen and oxygen atoms in total. The van der Waals surface area contributed by atoms with E-state index in [0.717, 1.165) is 18.8 Å². The lowest BCUT2D eigenvalue weighted by molar-refractivity contribution is -0.135. The molecule has 1 saturated heterocycles. The number of carbonyl (C=O) groups is 2. The first-order chi connectivity index (χ1) is 17.6. The summed E-state index contributed by atoms with van der Waals surface area (Å²) in [4.78, 5) is 29.5. The van der Waals surface area contributed by atoms with Gasteiger partial charge in [0.05, 0.1) is 25.2 Å². The van der Waals surface area contributed by atoms with Crippen molar-refractivity contribution in [3.05, 3.63) is 60.7 Å². The zero-order chi connectivity index (χ0) is 24.9. The highest BCUT2D eigenvalue weighted by molar-refractivity contribution is 5.90. The van der Waals surface area contributed by atoms with Gasteiger partial charge in [-0.3, -0.25) is 4.79 Å². The quantitative estimate of drug-likeness (QED) is 0.527. The van der Waals surface area contributed by atoms with Crippen molar-refractivity contribution in [2.75, 3.05) is 49.8 Å². The Balaban J connectivity index is 1.11. The second-order valence-corrected chi connectivity index (χ2v) is 8.88. The maximum Gasteiger partial charge on any atom is 0.319 e. The fourth-order valence-electron chi connectivity index (χ4n) is 4.58. The van der Waals surface area contributed by atoms with E-state index < -0.39 is 24.3 Å². The smallest absolute Gasteiger partial charge is 0.319 e. The van der Waals surface area contributed by atoms with Crippen molar-refractivity contribution in [2.24, 2.45) is 0 Å². The summed E-state index contributed by atoms with van der Waals surface area (Å²) in [6.45, 7) is 2.72. The van der Waals surface area contributed by atoms with Crippen molar-refractivity contribution in [1.29, 1.82) is 0 Å². The lowest BCUT2D eigenvalue weighted by Gasteiger charge is -2.37. The van der Waals surface area contributed by atoms with E-state index >= 15 is 0 Å². The number of hydrogen-bond acceptors (Lipinski definition) is 7. The molecule has 3 amide bonds. The summed E-state index contributed by atoms with van der Waals surface area (Å²) in [7, 11) is 0. The van der Waals surface area contributed by atoms with Crippen LogP contribution in [0, 0.1) is 0 Å². The topological polar surface area (TPSA) is 113 Å². The van der Waals surface area contributed by atoms with E-state index in [1.807, 2.05) is 23.1 Å². The molecule has 3 N–H and O–H groups in total. The molecule has 2 aromatic carbocycles. The van der Waals surface area contributed by atoms with Crippen molar-refractivity contribution < 1.29 is 28.9 Å². The molecule has 5 rings (SSSR count). The van der Waals surface area contributed by atoms with Gasteiger partial charge in [-0.25, -0.2) is 4.79 Å². The average molecular weight is 495 g/mol. The third-order valence-corrected chi connectivity index (χ3v) is 6.52. The summed E-state index contributed by atoms with van der Waals surface area (Å²) in [5.74, 6) is 1.21. The van der Waals surface area contributed by atoms with Gasteiger partial charge in [-0.15, -0.1) is 0 Å². The van der Waals surface area contributed by atoms with E-state index in [1.54, 1.807) is 30.4 Å². The minimum absolute atomic E-state index is 0.0148. The number of aliphatic hydroxyl groups is 1. The number of rotatable bonds is 6. The second kappa shape index (κ2) is 10.9. The maximum atomic E-state index is 12.9. The van der Waals surface area contributed by atoms with E-state index in [-0.39, 0.29) is 25.7 Å². The first-order valence-electron chi connectivity index (χ1n) is 12.1. The summed E-state index contributed by atoms with van der Waals surface area (Å²) in [6.07, 6.45) is 2.61. The van der Waals surface area contributed by atoms with E-state index in [9.17, 15) is 14.7 Å². The average Bonchev–Trinajstić information content (AvgIpc) is 3.38. The zero-order valence-corrected chi connectivity index (χ0v) is 19.8. The van der Waals surface area contributed by atoms with Gasteiger partial charge >= 0.3 is 6.03 Å². The van der Waals surface area contributed by atoms with Crippen molar-refractivity contribution >= 4 is 23.3 Å². The minimum Gasteiger partial charge on any atom is -0.454 e. The van der Waals surface area contributed by atoms with Crippen molar-refractivity contribution in [2.45, 2.75) is 24.7 Å². The van der Waals surface area contributed by atoms with E-state index in [2.05, 4.69) is 27.7 Å². The van der Waals surface area contributed by atoms with Gasteiger partial charge in [-0.05, 0) is 24.3 Å². The lowest BCUT2D eigenvalue weighted by atomic mass is 10.0. The Kier molecular flexibility index (Phi) is 7.24. The van der Waals surface area contributed by atoms with Crippen LogP contribution in [0.2, 0.25) is 0 Å². The van der Waals surface area contributed by atoms with Crippen LogP contribution in [0.15, 0.2) is 60.7 Å². The van der Waals surface area contributed by atoms with Crippen molar-refractivity contribution in [3.63, 3.8) is 0 Å². The van der Waals surface area contributed by atoms with Crippen LogP contribution in [0.1, 0.15) is 6.42 Å². The van der Waals surface area contributed by atoms with Crippen LogP contribution in [0.5, 0.6) is 11.5 Å². The Morgan fingerprint density at radius 1 is 0.972 bits per heavy atom. The molecule has 10 heteroatoms. The van der Waals surface area contributed by atoms with Gasteiger partial charge in [-0.2, -0.15) is 0 Å².